The van der Waals surface area contributed by atoms with Crippen LogP contribution in [0.25, 0.3) is 0 Å². The lowest BCUT2D eigenvalue weighted by atomic mass is 10.3. The molecule has 2 N–H and O–H groups in total. The number of hydrogen-bond acceptors (Lipinski definition) is 4. The highest BCUT2D eigenvalue weighted by molar-refractivity contribution is 5.79. The average Bonchev–Trinajstić information content (AvgIpc) is 1.94. The topological polar surface area (TPSA) is 50.4 Å². The molecule has 4 nitrogen and oxygen atoms in total. The molecular weight excluding hydrogens is 108 g/mol. The number of hydrogen-bond donors (Lipinski definition) is 2. The van der Waals surface area contributed by atoms with Crippen molar-refractivity contribution >= 4 is 5.78 Å². The first kappa shape index (κ1) is 5.68. The van der Waals surface area contributed by atoms with E-state index in [-0.39, 0.29) is 12.4 Å². The third-order valence-corrected chi connectivity index (χ3v) is 0.906. The minimum absolute atomic E-state index is 0.127. The molecule has 0 aliphatic carbocycles. The van der Waals surface area contributed by atoms with Gasteiger partial charge in [0.05, 0.1) is 0 Å². The fraction of sp³-hybridized carbons (Fsp3) is 0.750. The van der Waals surface area contributed by atoms with Gasteiger partial charge in [0.1, 0.15) is 6.61 Å². The van der Waals surface area contributed by atoms with Crippen LogP contribution in [0.3, 0.4) is 0 Å². The zero-order chi connectivity index (χ0) is 5.82. The Morgan fingerprint density at radius 1 is 1.62 bits per heavy atom. The highest BCUT2D eigenvalue weighted by atomic mass is 16.7. The van der Waals surface area contributed by atoms with Crippen molar-refractivity contribution in [1.29, 1.82) is 0 Å². The van der Waals surface area contributed by atoms with Crippen molar-refractivity contribution in [3.63, 3.8) is 0 Å². The van der Waals surface area contributed by atoms with Gasteiger partial charge in [0.15, 0.2) is 5.78 Å². The third kappa shape index (κ3) is 1.57. The van der Waals surface area contributed by atoms with E-state index in [1.54, 1.807) is 0 Å². The molecule has 0 spiro atoms. The molecule has 0 aromatic rings. The molecule has 1 aliphatic heterocycles. The number of carbonyl (C=O) groups excluding carboxylic acids is 1. The summed E-state index contributed by atoms with van der Waals surface area (Å²) < 4.78 is 0. The van der Waals surface area contributed by atoms with Gasteiger partial charge in [0.25, 0.3) is 0 Å². The van der Waals surface area contributed by atoms with Gasteiger partial charge in [-0.05, 0) is 0 Å². The van der Waals surface area contributed by atoms with Gasteiger partial charge in [-0.25, -0.2) is 5.43 Å². The number of rotatable bonds is 0. The second-order valence-electron chi connectivity index (χ2n) is 1.61. The van der Waals surface area contributed by atoms with E-state index in [9.17, 15) is 4.79 Å². The minimum atomic E-state index is 0.127. The predicted octanol–water partition coefficient (Wildman–Crippen LogP) is -1.01. The summed E-state index contributed by atoms with van der Waals surface area (Å²) >= 11 is 0. The molecule has 0 atom stereocenters. The van der Waals surface area contributed by atoms with E-state index < -0.39 is 0 Å². The smallest absolute Gasteiger partial charge is 0.161 e. The fourth-order valence-corrected chi connectivity index (χ4v) is 0.493. The van der Waals surface area contributed by atoms with E-state index in [0.29, 0.717) is 13.0 Å². The van der Waals surface area contributed by atoms with Crippen LogP contribution in [0, 0.1) is 0 Å². The van der Waals surface area contributed by atoms with Gasteiger partial charge >= 0.3 is 0 Å². The van der Waals surface area contributed by atoms with Crippen LogP contribution < -0.4 is 11.0 Å². The van der Waals surface area contributed by atoms with Gasteiger partial charge in [-0.3, -0.25) is 9.63 Å². The minimum Gasteiger partial charge on any atom is -0.297 e. The molecule has 0 bridgehead atoms. The summed E-state index contributed by atoms with van der Waals surface area (Å²) in [5.41, 5.74) is 5.09. The standard InChI is InChI=1S/C4H8N2O2/c7-4-1-2-5-6-8-3-4/h5-6H,1-3H2. The van der Waals surface area contributed by atoms with E-state index in [1.165, 1.54) is 0 Å². The van der Waals surface area contributed by atoms with Crippen LogP contribution in [-0.2, 0) is 9.63 Å². The molecule has 0 radical (unpaired) electrons. The van der Waals surface area contributed by atoms with Crippen molar-refractivity contribution in [3.05, 3.63) is 0 Å². The quantitative estimate of drug-likeness (QED) is 0.425. The van der Waals surface area contributed by atoms with Gasteiger partial charge < -0.3 is 0 Å². The van der Waals surface area contributed by atoms with Crippen LogP contribution >= 0.6 is 0 Å². The first-order valence-electron chi connectivity index (χ1n) is 2.51. The number of nitrogens with one attached hydrogen (secondary N) is 2. The normalized spacial score (nSPS) is 22.8. The Morgan fingerprint density at radius 3 is 3.38 bits per heavy atom. The van der Waals surface area contributed by atoms with E-state index >= 15 is 0 Å². The summed E-state index contributed by atoms with van der Waals surface area (Å²) in [7, 11) is 0. The summed E-state index contributed by atoms with van der Waals surface area (Å²) in [5, 5.41) is 0. The van der Waals surface area contributed by atoms with E-state index in [2.05, 4.69) is 15.9 Å². The Balaban J connectivity index is 2.27. The van der Waals surface area contributed by atoms with Gasteiger partial charge in [0.2, 0.25) is 0 Å². The predicted molar refractivity (Wildman–Crippen MR) is 26.7 cm³/mol. The average molecular weight is 116 g/mol. The molecule has 0 unspecified atom stereocenters. The van der Waals surface area contributed by atoms with Crippen LogP contribution in [0.1, 0.15) is 6.42 Å². The van der Waals surface area contributed by atoms with Crippen molar-refractivity contribution in [2.45, 2.75) is 6.42 Å². The van der Waals surface area contributed by atoms with Crippen molar-refractivity contribution < 1.29 is 9.63 Å². The highest BCUT2D eigenvalue weighted by Crippen LogP contribution is 1.83. The zero-order valence-electron chi connectivity index (χ0n) is 4.44. The first-order chi connectivity index (χ1) is 3.89. The molecule has 0 aromatic carbocycles. The Kier molecular flexibility index (Phi) is 1.96. The van der Waals surface area contributed by atoms with Crippen molar-refractivity contribution in [1.82, 2.24) is 11.0 Å². The van der Waals surface area contributed by atoms with Gasteiger partial charge in [-0.15, -0.1) is 5.59 Å². The molecule has 1 rings (SSSR count). The molecule has 0 aromatic heterocycles. The Morgan fingerprint density at radius 2 is 2.50 bits per heavy atom. The fourth-order valence-electron chi connectivity index (χ4n) is 0.493. The summed E-state index contributed by atoms with van der Waals surface area (Å²) in [5.74, 6) is 0.127. The monoisotopic (exact) mass is 116 g/mol. The maximum Gasteiger partial charge on any atom is 0.161 e. The summed E-state index contributed by atoms with van der Waals surface area (Å²) in [6.07, 6.45) is 0.549. The molecular formula is C4H8N2O2. The molecule has 1 aliphatic rings. The van der Waals surface area contributed by atoms with E-state index in [1.807, 2.05) is 0 Å². The number of carbonyl (C=O) groups is 1. The Labute approximate surface area is 47.1 Å². The third-order valence-electron chi connectivity index (χ3n) is 0.906. The maximum absolute atomic E-state index is 10.5. The van der Waals surface area contributed by atoms with Crippen LogP contribution in [0.2, 0.25) is 0 Å². The maximum atomic E-state index is 10.5. The molecule has 0 amide bonds. The number of hydrazine groups is 1. The lowest BCUT2D eigenvalue weighted by Crippen LogP contribution is -2.29. The molecule has 1 saturated heterocycles. The molecule has 4 heteroatoms. The summed E-state index contributed by atoms with van der Waals surface area (Å²) in [6, 6.07) is 0. The first-order valence-corrected chi connectivity index (χ1v) is 2.51. The highest BCUT2D eigenvalue weighted by Gasteiger charge is 2.04. The molecule has 8 heavy (non-hydrogen) atoms. The SMILES string of the molecule is O=C1CCNNOC1. The second-order valence-corrected chi connectivity index (χ2v) is 1.61. The summed E-state index contributed by atoms with van der Waals surface area (Å²) in [4.78, 5) is 15.1. The van der Waals surface area contributed by atoms with E-state index in [0.717, 1.165) is 0 Å². The lowest BCUT2D eigenvalue weighted by molar-refractivity contribution is -0.124. The molecule has 0 saturated carbocycles. The molecule has 1 heterocycles. The lowest BCUT2D eigenvalue weighted by Gasteiger charge is -1.95. The van der Waals surface area contributed by atoms with Gasteiger partial charge in [0, 0.05) is 13.0 Å². The molecule has 46 valence electrons. The Bertz CT molecular complexity index is 84.0. The van der Waals surface area contributed by atoms with Crippen LogP contribution in [0.4, 0.5) is 0 Å². The largest absolute Gasteiger partial charge is 0.297 e. The van der Waals surface area contributed by atoms with Crippen molar-refractivity contribution in [2.75, 3.05) is 13.2 Å². The zero-order valence-corrected chi connectivity index (χ0v) is 4.44. The van der Waals surface area contributed by atoms with Crippen molar-refractivity contribution in [2.24, 2.45) is 0 Å². The number of Topliss-reactive ketones (excluding diaryl/α,β-unsaturated/α-hetero) is 1. The second kappa shape index (κ2) is 2.76. The summed E-state index contributed by atoms with van der Waals surface area (Å²) in [6.45, 7) is 0.825. The van der Waals surface area contributed by atoms with Crippen LogP contribution in [0.5, 0.6) is 0 Å². The molecule has 1 fully saturated rings. The van der Waals surface area contributed by atoms with Gasteiger partial charge in [-0.2, -0.15) is 0 Å². The Hall–Kier alpha value is -0.450. The van der Waals surface area contributed by atoms with Crippen molar-refractivity contribution in [3.8, 4) is 0 Å². The van der Waals surface area contributed by atoms with Crippen LogP contribution in [-0.4, -0.2) is 18.9 Å². The van der Waals surface area contributed by atoms with Crippen LogP contribution in [0.15, 0.2) is 0 Å². The number of ketones is 1. The van der Waals surface area contributed by atoms with E-state index in [4.69, 9.17) is 0 Å². The van der Waals surface area contributed by atoms with Gasteiger partial charge in [-0.1, -0.05) is 0 Å².